The number of thiophene rings is 1. The summed E-state index contributed by atoms with van der Waals surface area (Å²) in [6.07, 6.45) is 3.89. The minimum absolute atomic E-state index is 0.339. The minimum Gasteiger partial charge on any atom is -0.329 e. The summed E-state index contributed by atoms with van der Waals surface area (Å²) in [6, 6.07) is 4.46. The molecule has 2 N–H and O–H groups in total. The lowest BCUT2D eigenvalue weighted by Gasteiger charge is -2.31. The van der Waals surface area contributed by atoms with Crippen LogP contribution in [-0.2, 0) is 0 Å². The molecule has 2 rings (SSSR count). The molecule has 2 unspecified atom stereocenters. The molecule has 1 aromatic heterocycles. The number of nitrogens with two attached hydrogens (primary N) is 1. The van der Waals surface area contributed by atoms with E-state index in [2.05, 4.69) is 31.7 Å². The first kappa shape index (κ1) is 16.3. The fourth-order valence-corrected chi connectivity index (χ4v) is 4.46. The third kappa shape index (κ3) is 3.97. The van der Waals surface area contributed by atoms with Gasteiger partial charge in [0.2, 0.25) is 0 Å². The van der Waals surface area contributed by atoms with E-state index in [9.17, 15) is 0 Å². The van der Waals surface area contributed by atoms with Crippen molar-refractivity contribution in [1.82, 2.24) is 4.90 Å². The van der Waals surface area contributed by atoms with Crippen molar-refractivity contribution in [3.63, 3.8) is 0 Å². The molecule has 1 aromatic rings. The number of rotatable bonds is 3. The zero-order valence-corrected chi connectivity index (χ0v) is 14.4. The monoisotopic (exact) mass is 314 g/mol. The average Bonchev–Trinajstić information content (AvgIpc) is 2.64. The Morgan fingerprint density at radius 3 is 2.65 bits per heavy atom. The van der Waals surface area contributed by atoms with E-state index in [4.69, 9.17) is 17.3 Å². The van der Waals surface area contributed by atoms with Gasteiger partial charge in [-0.05, 0) is 55.8 Å². The molecular weight excluding hydrogens is 288 g/mol. The van der Waals surface area contributed by atoms with E-state index < -0.39 is 0 Å². The van der Waals surface area contributed by atoms with Gasteiger partial charge in [0, 0.05) is 11.4 Å². The lowest BCUT2D eigenvalue weighted by Crippen LogP contribution is -2.34. The topological polar surface area (TPSA) is 29.3 Å². The van der Waals surface area contributed by atoms with Crippen molar-refractivity contribution < 1.29 is 0 Å². The van der Waals surface area contributed by atoms with Crippen molar-refractivity contribution in [3.05, 3.63) is 21.3 Å². The average molecular weight is 315 g/mol. The summed E-state index contributed by atoms with van der Waals surface area (Å²) in [6.45, 7) is 10.1. The van der Waals surface area contributed by atoms with Gasteiger partial charge in [-0.1, -0.05) is 32.4 Å². The molecule has 1 saturated heterocycles. The Labute approximate surface area is 132 Å². The van der Waals surface area contributed by atoms with Crippen molar-refractivity contribution >= 4 is 22.9 Å². The van der Waals surface area contributed by atoms with Gasteiger partial charge in [-0.2, -0.15) is 0 Å². The zero-order chi connectivity index (χ0) is 14.8. The van der Waals surface area contributed by atoms with Gasteiger partial charge in [0.05, 0.1) is 10.4 Å². The number of hydrogen-bond donors (Lipinski definition) is 1. The van der Waals surface area contributed by atoms with E-state index in [1.807, 2.05) is 6.07 Å². The second-order valence-corrected chi connectivity index (χ2v) is 8.67. The summed E-state index contributed by atoms with van der Waals surface area (Å²) in [5.41, 5.74) is 6.46. The molecule has 0 spiro atoms. The molecular formula is C16H27ClN2S. The van der Waals surface area contributed by atoms with Crippen LogP contribution in [0.2, 0.25) is 4.34 Å². The fraction of sp³-hybridized carbons (Fsp3) is 0.750. The van der Waals surface area contributed by atoms with Gasteiger partial charge in [0.15, 0.2) is 0 Å². The second kappa shape index (κ2) is 6.78. The summed E-state index contributed by atoms with van der Waals surface area (Å²) in [5.74, 6) is 0.817. The summed E-state index contributed by atoms with van der Waals surface area (Å²) < 4.78 is 0.862. The number of nitrogens with zero attached hydrogens (tertiary/aromatic N) is 1. The van der Waals surface area contributed by atoms with Crippen LogP contribution in [0.15, 0.2) is 12.1 Å². The first-order valence-corrected chi connectivity index (χ1v) is 8.80. The summed E-state index contributed by atoms with van der Waals surface area (Å²) in [7, 11) is 0. The number of halogens is 1. The van der Waals surface area contributed by atoms with E-state index in [0.29, 0.717) is 18.0 Å². The summed E-state index contributed by atoms with van der Waals surface area (Å²) >= 11 is 7.75. The van der Waals surface area contributed by atoms with Crippen LogP contribution in [0.1, 0.15) is 51.0 Å². The second-order valence-electron chi connectivity index (χ2n) is 6.92. The number of likely N-dealkylation sites (tertiary alicyclic amines) is 1. The van der Waals surface area contributed by atoms with Crippen LogP contribution in [0.3, 0.4) is 0 Å². The molecule has 2 nitrogen and oxygen atoms in total. The molecule has 1 aliphatic rings. The summed E-state index contributed by atoms with van der Waals surface area (Å²) in [4.78, 5) is 3.88. The maximum atomic E-state index is 6.07. The van der Waals surface area contributed by atoms with Gasteiger partial charge in [-0.3, -0.25) is 4.90 Å². The Bertz CT molecular complexity index is 424. The molecule has 0 amide bonds. The molecule has 0 radical (unpaired) electrons. The van der Waals surface area contributed by atoms with Crippen molar-refractivity contribution in [2.75, 3.05) is 19.6 Å². The Morgan fingerprint density at radius 1 is 1.35 bits per heavy atom. The lowest BCUT2D eigenvalue weighted by molar-refractivity contribution is 0.186. The molecule has 2 atom stereocenters. The van der Waals surface area contributed by atoms with E-state index in [0.717, 1.165) is 23.3 Å². The summed E-state index contributed by atoms with van der Waals surface area (Å²) in [5, 5.41) is 0. The predicted octanol–water partition coefficient (Wildman–Crippen LogP) is 4.55. The highest BCUT2D eigenvalue weighted by Gasteiger charge is 2.29. The molecule has 0 aromatic carbocycles. The molecule has 114 valence electrons. The SMILES string of the molecule is CC(C)(C)C1CCCN(C(CN)c2ccc(Cl)s2)CC1. The Hall–Kier alpha value is -0.0900. The van der Waals surface area contributed by atoms with Crippen LogP contribution in [0.25, 0.3) is 0 Å². The minimum atomic E-state index is 0.339. The van der Waals surface area contributed by atoms with Crippen molar-refractivity contribution in [2.24, 2.45) is 17.1 Å². The van der Waals surface area contributed by atoms with Crippen molar-refractivity contribution in [3.8, 4) is 0 Å². The van der Waals surface area contributed by atoms with E-state index in [1.54, 1.807) is 11.3 Å². The lowest BCUT2D eigenvalue weighted by atomic mass is 9.77. The van der Waals surface area contributed by atoms with E-state index in [-0.39, 0.29) is 0 Å². The Morgan fingerprint density at radius 2 is 2.10 bits per heavy atom. The first-order chi connectivity index (χ1) is 9.41. The van der Waals surface area contributed by atoms with Crippen LogP contribution in [0.4, 0.5) is 0 Å². The maximum Gasteiger partial charge on any atom is 0.0931 e. The number of hydrogen-bond acceptors (Lipinski definition) is 3. The normalized spacial score (nSPS) is 23.6. The highest BCUT2D eigenvalue weighted by atomic mass is 35.5. The first-order valence-electron chi connectivity index (χ1n) is 7.61. The van der Waals surface area contributed by atoms with Gasteiger partial charge >= 0.3 is 0 Å². The smallest absolute Gasteiger partial charge is 0.0931 e. The van der Waals surface area contributed by atoms with Crippen molar-refractivity contribution in [2.45, 2.75) is 46.1 Å². The van der Waals surface area contributed by atoms with Crippen LogP contribution < -0.4 is 5.73 Å². The largest absolute Gasteiger partial charge is 0.329 e. The third-order valence-electron chi connectivity index (χ3n) is 4.57. The van der Waals surface area contributed by atoms with Crippen LogP contribution in [0, 0.1) is 11.3 Å². The Balaban J connectivity index is 2.05. The molecule has 20 heavy (non-hydrogen) atoms. The molecule has 0 aliphatic carbocycles. The fourth-order valence-electron chi connectivity index (χ4n) is 3.25. The highest BCUT2D eigenvalue weighted by molar-refractivity contribution is 7.16. The van der Waals surface area contributed by atoms with Gasteiger partial charge < -0.3 is 5.73 Å². The maximum absolute atomic E-state index is 6.07. The third-order valence-corrected chi connectivity index (χ3v) is 5.91. The van der Waals surface area contributed by atoms with Gasteiger partial charge in [0.25, 0.3) is 0 Å². The molecule has 0 saturated carbocycles. The van der Waals surface area contributed by atoms with Crippen LogP contribution >= 0.6 is 22.9 Å². The highest BCUT2D eigenvalue weighted by Crippen LogP contribution is 2.37. The van der Waals surface area contributed by atoms with Gasteiger partial charge in [0.1, 0.15) is 0 Å². The van der Waals surface area contributed by atoms with Crippen LogP contribution in [-0.4, -0.2) is 24.5 Å². The molecule has 4 heteroatoms. The molecule has 1 fully saturated rings. The van der Waals surface area contributed by atoms with Crippen LogP contribution in [0.5, 0.6) is 0 Å². The standard InChI is InChI=1S/C16H27ClN2S/c1-16(2,3)12-5-4-9-19(10-8-12)13(11-18)14-6-7-15(17)20-14/h6-7,12-13H,4-5,8-11,18H2,1-3H3. The molecule has 0 bridgehead atoms. The molecule has 1 aliphatic heterocycles. The quantitative estimate of drug-likeness (QED) is 0.887. The van der Waals surface area contributed by atoms with Gasteiger partial charge in [-0.15, -0.1) is 11.3 Å². The van der Waals surface area contributed by atoms with E-state index in [1.165, 1.54) is 24.1 Å². The van der Waals surface area contributed by atoms with E-state index >= 15 is 0 Å². The zero-order valence-electron chi connectivity index (χ0n) is 12.9. The van der Waals surface area contributed by atoms with Gasteiger partial charge in [-0.25, -0.2) is 0 Å². The van der Waals surface area contributed by atoms with Crippen molar-refractivity contribution in [1.29, 1.82) is 0 Å². The predicted molar refractivity (Wildman–Crippen MR) is 89.5 cm³/mol. The molecule has 2 heterocycles. The Kier molecular flexibility index (Phi) is 5.52.